The highest BCUT2D eigenvalue weighted by molar-refractivity contribution is 6.51. The molecule has 2 amide bonds. The molecule has 1 aromatic carbocycles. The maximum Gasteiger partial charge on any atom is 0.320 e. The Hall–Kier alpha value is -4.38. The van der Waals surface area contributed by atoms with E-state index in [9.17, 15) is 14.4 Å². The molecule has 1 aliphatic carbocycles. The average Bonchev–Trinajstić information content (AvgIpc) is 3.58. The van der Waals surface area contributed by atoms with E-state index in [2.05, 4.69) is 24.0 Å². The molecule has 1 saturated heterocycles. The van der Waals surface area contributed by atoms with Crippen molar-refractivity contribution in [2.24, 2.45) is 5.92 Å². The number of nitrogens with zero attached hydrogens (tertiary/aromatic N) is 7. The molecule has 0 unspecified atom stereocenters. The molecule has 10 nitrogen and oxygen atoms in total. The number of piperidine rings is 1. The van der Waals surface area contributed by atoms with Gasteiger partial charge in [0.1, 0.15) is 17.2 Å². The molecule has 0 saturated carbocycles. The molecule has 0 N–H and O–H groups in total. The number of imidazole rings is 1. The third-order valence-corrected chi connectivity index (χ3v) is 8.65. The van der Waals surface area contributed by atoms with E-state index in [1.54, 1.807) is 26.4 Å². The van der Waals surface area contributed by atoms with Gasteiger partial charge in [-0.15, -0.1) is 0 Å². The summed E-state index contributed by atoms with van der Waals surface area (Å²) in [6.07, 6.45) is 5.03. The van der Waals surface area contributed by atoms with Gasteiger partial charge in [0.05, 0.1) is 41.5 Å². The summed E-state index contributed by atoms with van der Waals surface area (Å²) in [4.78, 5) is 50.3. The van der Waals surface area contributed by atoms with Crippen LogP contribution in [0.3, 0.4) is 0 Å². The number of allylic oxidation sites excluding steroid dienone is 2. The molecule has 1 fully saturated rings. The summed E-state index contributed by atoms with van der Waals surface area (Å²) >= 11 is 0. The Morgan fingerprint density at radius 2 is 1.81 bits per heavy atom. The zero-order chi connectivity index (χ0) is 29.1. The lowest BCUT2D eigenvalue weighted by atomic mass is 9.96. The SMILES string of the molecule is CN(C)CC1CCN(C(=O)N2CCn3nc(C4=C(c5cnc6ccccn56)C(=O)CC4=O)c4cc(F)cc(c43)C2)CC1. The molecule has 0 bridgehead atoms. The summed E-state index contributed by atoms with van der Waals surface area (Å²) in [5.41, 5.74) is 3.22. The quantitative estimate of drug-likeness (QED) is 0.349. The van der Waals surface area contributed by atoms with Crippen molar-refractivity contribution in [3.05, 3.63) is 65.5 Å². The smallest absolute Gasteiger partial charge is 0.320 e. The summed E-state index contributed by atoms with van der Waals surface area (Å²) in [6.45, 7) is 3.45. The second kappa shape index (κ2) is 10.2. The Balaban J connectivity index is 1.25. The van der Waals surface area contributed by atoms with E-state index in [-0.39, 0.29) is 41.7 Å². The van der Waals surface area contributed by atoms with Crippen molar-refractivity contribution in [1.29, 1.82) is 0 Å². The van der Waals surface area contributed by atoms with E-state index in [1.165, 1.54) is 12.1 Å². The van der Waals surface area contributed by atoms with Gasteiger partial charge in [-0.1, -0.05) is 6.07 Å². The number of aromatic nitrogens is 4. The van der Waals surface area contributed by atoms with E-state index in [4.69, 9.17) is 5.10 Å². The van der Waals surface area contributed by atoms with Gasteiger partial charge < -0.3 is 14.7 Å². The van der Waals surface area contributed by atoms with E-state index in [0.717, 1.165) is 19.4 Å². The third-order valence-electron chi connectivity index (χ3n) is 8.65. The van der Waals surface area contributed by atoms with Gasteiger partial charge in [0, 0.05) is 49.9 Å². The van der Waals surface area contributed by atoms with Crippen LogP contribution in [0.5, 0.6) is 0 Å². The lowest BCUT2D eigenvalue weighted by Crippen LogP contribution is -2.47. The maximum absolute atomic E-state index is 15.2. The van der Waals surface area contributed by atoms with Crippen LogP contribution in [0, 0.1) is 11.7 Å². The zero-order valence-corrected chi connectivity index (χ0v) is 23.7. The predicted molar refractivity (Wildman–Crippen MR) is 155 cm³/mol. The summed E-state index contributed by atoms with van der Waals surface area (Å²) in [5.74, 6) is -0.557. The number of hydrogen-bond acceptors (Lipinski definition) is 6. The van der Waals surface area contributed by atoms with E-state index >= 15 is 4.39 Å². The summed E-state index contributed by atoms with van der Waals surface area (Å²) < 4.78 is 18.7. The van der Waals surface area contributed by atoms with Crippen LogP contribution in [0.2, 0.25) is 0 Å². The number of carbonyl (C=O) groups excluding carboxylic acids is 3. The first-order valence-corrected chi connectivity index (χ1v) is 14.4. The van der Waals surface area contributed by atoms with Gasteiger partial charge in [-0.25, -0.2) is 14.2 Å². The normalized spacial score (nSPS) is 18.3. The van der Waals surface area contributed by atoms with Gasteiger partial charge in [-0.3, -0.25) is 18.7 Å². The molecule has 4 aromatic rings. The Bertz CT molecular complexity index is 1790. The molecular formula is C31H32FN7O3. The van der Waals surface area contributed by atoms with Crippen LogP contribution < -0.4 is 0 Å². The number of urea groups is 1. The largest absolute Gasteiger partial charge is 0.325 e. The Morgan fingerprint density at radius 3 is 2.60 bits per heavy atom. The van der Waals surface area contributed by atoms with Crippen molar-refractivity contribution in [2.75, 3.05) is 40.3 Å². The summed E-state index contributed by atoms with van der Waals surface area (Å²) in [6, 6.07) is 8.27. The standard InChI is InChI=1S/C31H32FN7O3/c1-35(2)17-19-6-9-36(10-7-19)31(42)37-11-12-39-30-20(18-37)13-21(32)14-22(30)29(34-39)28-25(41)15-24(40)27(28)23-16-33-26-5-3-4-8-38(23)26/h3-5,8,13-14,16,19H,6-7,9-12,15,17-18H2,1-2H3. The number of likely N-dealkylation sites (tertiary alicyclic amines) is 1. The number of Topliss-reactive ketones (excluding diaryl/α,β-unsaturated/α-hetero) is 2. The zero-order valence-electron chi connectivity index (χ0n) is 23.7. The van der Waals surface area contributed by atoms with Gasteiger partial charge in [0.15, 0.2) is 11.6 Å². The van der Waals surface area contributed by atoms with Crippen molar-refractivity contribution in [3.8, 4) is 0 Å². The Kier molecular flexibility index (Phi) is 6.41. The second-order valence-corrected chi connectivity index (χ2v) is 11.8. The first-order chi connectivity index (χ1) is 20.3. The topological polar surface area (TPSA) is 96.0 Å². The molecule has 0 spiro atoms. The van der Waals surface area contributed by atoms with Gasteiger partial charge in [0.25, 0.3) is 0 Å². The molecule has 5 heterocycles. The summed E-state index contributed by atoms with van der Waals surface area (Å²) in [5, 5.41) is 5.27. The van der Waals surface area contributed by atoms with Crippen molar-refractivity contribution >= 4 is 45.3 Å². The van der Waals surface area contributed by atoms with Crippen molar-refractivity contribution in [2.45, 2.75) is 32.4 Å². The monoisotopic (exact) mass is 569 g/mol. The second-order valence-electron chi connectivity index (χ2n) is 11.8. The van der Waals surface area contributed by atoms with Gasteiger partial charge in [0.2, 0.25) is 0 Å². The predicted octanol–water partition coefficient (Wildman–Crippen LogP) is 3.49. The summed E-state index contributed by atoms with van der Waals surface area (Å²) in [7, 11) is 4.14. The molecule has 2 aliphatic heterocycles. The van der Waals surface area contributed by atoms with Crippen LogP contribution in [0.1, 0.15) is 36.2 Å². The first kappa shape index (κ1) is 26.5. The van der Waals surface area contributed by atoms with Crippen LogP contribution in [0.4, 0.5) is 9.18 Å². The number of hydrogen-bond donors (Lipinski definition) is 0. The number of ketones is 2. The minimum Gasteiger partial charge on any atom is -0.325 e. The fourth-order valence-corrected chi connectivity index (χ4v) is 6.76. The highest BCUT2D eigenvalue weighted by Crippen LogP contribution is 2.39. The number of halogens is 1. The lowest BCUT2D eigenvalue weighted by molar-refractivity contribution is -0.119. The molecule has 3 aliphatic rings. The first-order valence-electron chi connectivity index (χ1n) is 14.4. The van der Waals surface area contributed by atoms with Crippen LogP contribution in [0.25, 0.3) is 27.7 Å². The van der Waals surface area contributed by atoms with Crippen molar-refractivity contribution < 1.29 is 18.8 Å². The van der Waals surface area contributed by atoms with E-state index in [1.807, 2.05) is 23.1 Å². The highest BCUT2D eigenvalue weighted by atomic mass is 19.1. The van der Waals surface area contributed by atoms with Gasteiger partial charge >= 0.3 is 6.03 Å². The molecule has 0 radical (unpaired) electrons. The fourth-order valence-electron chi connectivity index (χ4n) is 6.76. The number of rotatable bonds is 4. The maximum atomic E-state index is 15.2. The molecule has 7 rings (SSSR count). The van der Waals surface area contributed by atoms with Gasteiger partial charge in [-0.2, -0.15) is 5.10 Å². The van der Waals surface area contributed by atoms with Crippen molar-refractivity contribution in [1.82, 2.24) is 33.9 Å². The number of pyridine rings is 1. The molecule has 42 heavy (non-hydrogen) atoms. The minimum atomic E-state index is -0.481. The molecule has 11 heteroatoms. The van der Waals surface area contributed by atoms with Crippen LogP contribution in [-0.4, -0.2) is 91.7 Å². The van der Waals surface area contributed by atoms with Crippen LogP contribution in [-0.2, 0) is 22.7 Å². The van der Waals surface area contributed by atoms with E-state index in [0.29, 0.717) is 65.6 Å². The molecule has 3 aromatic heterocycles. The number of benzene rings is 1. The molecule has 216 valence electrons. The number of amides is 2. The molecular weight excluding hydrogens is 537 g/mol. The van der Waals surface area contributed by atoms with Gasteiger partial charge in [-0.05, 0) is 57.1 Å². The Morgan fingerprint density at radius 1 is 1.02 bits per heavy atom. The minimum absolute atomic E-state index is 0.0455. The number of fused-ring (bicyclic) bond motifs is 1. The highest BCUT2D eigenvalue weighted by Gasteiger charge is 2.37. The van der Waals surface area contributed by atoms with Crippen LogP contribution >= 0.6 is 0 Å². The number of carbonyl (C=O) groups is 3. The average molecular weight is 570 g/mol. The Labute approximate surface area is 242 Å². The molecule has 0 atom stereocenters. The van der Waals surface area contributed by atoms with E-state index < -0.39 is 5.82 Å². The van der Waals surface area contributed by atoms with Crippen LogP contribution in [0.15, 0.2) is 42.7 Å². The lowest BCUT2D eigenvalue weighted by Gasteiger charge is -2.36. The third kappa shape index (κ3) is 4.39. The van der Waals surface area contributed by atoms with Crippen molar-refractivity contribution in [3.63, 3.8) is 0 Å². The fraction of sp³-hybridized carbons (Fsp3) is 0.387.